The van der Waals surface area contributed by atoms with Gasteiger partial charge in [0.1, 0.15) is 0 Å². The number of hydrogen-bond donors (Lipinski definition) is 0. The van der Waals surface area contributed by atoms with Gasteiger partial charge in [0.2, 0.25) is 0 Å². The molecule has 0 spiro atoms. The number of aldehydes is 1. The Kier molecular flexibility index (Phi) is 5.35. The highest BCUT2D eigenvalue weighted by Crippen LogP contribution is 2.33. The Morgan fingerprint density at radius 2 is 1.67 bits per heavy atom. The summed E-state index contributed by atoms with van der Waals surface area (Å²) in [7, 11) is 3.29. The van der Waals surface area contributed by atoms with Crippen molar-refractivity contribution >= 4 is 11.9 Å². The zero-order valence-electron chi connectivity index (χ0n) is 12.5. The molecule has 0 fully saturated rings. The van der Waals surface area contributed by atoms with Crippen LogP contribution in [0.4, 0.5) is 13.2 Å². The Morgan fingerprint density at radius 3 is 2.05 bits per heavy atom. The standard InChI is InChI=1S/C16H18F3NO/c1-11-5-7-13(8-6-11)14(10-21)15(16(17,18)19)9-12(2)20(3)4/h5-10H,1-4H3/b12-9-,15-14-. The van der Waals surface area contributed by atoms with Gasteiger partial charge in [0.15, 0.2) is 6.29 Å². The number of carbonyl (C=O) groups excluding carboxylic acids is 1. The van der Waals surface area contributed by atoms with Gasteiger partial charge >= 0.3 is 6.18 Å². The van der Waals surface area contributed by atoms with Crippen molar-refractivity contribution in [2.24, 2.45) is 0 Å². The summed E-state index contributed by atoms with van der Waals surface area (Å²) in [6, 6.07) is 6.39. The average Bonchev–Trinajstić information content (AvgIpc) is 2.39. The minimum Gasteiger partial charge on any atom is -0.381 e. The zero-order chi connectivity index (χ0) is 16.2. The van der Waals surface area contributed by atoms with Crippen LogP contribution in [0.3, 0.4) is 0 Å². The highest BCUT2D eigenvalue weighted by atomic mass is 19.4. The first-order valence-electron chi connectivity index (χ1n) is 6.36. The first-order chi connectivity index (χ1) is 9.66. The molecule has 0 amide bonds. The van der Waals surface area contributed by atoms with E-state index in [9.17, 15) is 18.0 Å². The van der Waals surface area contributed by atoms with Crippen LogP contribution in [0.15, 0.2) is 41.6 Å². The van der Waals surface area contributed by atoms with Gasteiger partial charge in [0, 0.05) is 25.4 Å². The number of allylic oxidation sites excluding steroid dienone is 4. The summed E-state index contributed by atoms with van der Waals surface area (Å²) >= 11 is 0. The van der Waals surface area contributed by atoms with E-state index < -0.39 is 11.7 Å². The summed E-state index contributed by atoms with van der Waals surface area (Å²) in [6.07, 6.45) is -3.35. The smallest absolute Gasteiger partial charge is 0.381 e. The number of nitrogens with zero attached hydrogens (tertiary/aromatic N) is 1. The lowest BCUT2D eigenvalue weighted by Gasteiger charge is -2.17. The molecule has 0 atom stereocenters. The predicted octanol–water partition coefficient (Wildman–Crippen LogP) is 3.98. The van der Waals surface area contributed by atoms with E-state index in [2.05, 4.69) is 0 Å². The number of carbonyl (C=O) groups is 1. The molecule has 0 N–H and O–H groups in total. The van der Waals surface area contributed by atoms with Crippen LogP contribution in [0.2, 0.25) is 0 Å². The topological polar surface area (TPSA) is 20.3 Å². The molecule has 0 bridgehead atoms. The second-order valence-electron chi connectivity index (χ2n) is 4.99. The maximum absolute atomic E-state index is 13.3. The van der Waals surface area contributed by atoms with Crippen molar-refractivity contribution in [1.29, 1.82) is 0 Å². The fraction of sp³-hybridized carbons (Fsp3) is 0.312. The van der Waals surface area contributed by atoms with Crippen molar-refractivity contribution in [2.75, 3.05) is 14.1 Å². The van der Waals surface area contributed by atoms with Gasteiger partial charge in [-0.15, -0.1) is 0 Å². The minimum absolute atomic E-state index is 0.255. The van der Waals surface area contributed by atoms with Gasteiger partial charge in [0.05, 0.1) is 5.57 Å². The van der Waals surface area contributed by atoms with Gasteiger partial charge in [-0.1, -0.05) is 29.8 Å². The summed E-state index contributed by atoms with van der Waals surface area (Å²) in [5.74, 6) is 0. The van der Waals surface area contributed by atoms with Gasteiger partial charge in [-0.25, -0.2) is 0 Å². The molecule has 21 heavy (non-hydrogen) atoms. The van der Waals surface area contributed by atoms with Crippen LogP contribution in [0, 0.1) is 6.92 Å². The maximum Gasteiger partial charge on any atom is 0.417 e. The van der Waals surface area contributed by atoms with E-state index in [-0.39, 0.29) is 17.4 Å². The largest absolute Gasteiger partial charge is 0.417 e. The summed E-state index contributed by atoms with van der Waals surface area (Å²) < 4.78 is 39.8. The number of aryl methyl sites for hydroxylation is 1. The zero-order valence-corrected chi connectivity index (χ0v) is 12.5. The predicted molar refractivity (Wildman–Crippen MR) is 77.7 cm³/mol. The van der Waals surface area contributed by atoms with Gasteiger partial charge in [-0.3, -0.25) is 4.79 Å². The quantitative estimate of drug-likeness (QED) is 0.476. The molecule has 2 nitrogen and oxygen atoms in total. The molecule has 1 aromatic carbocycles. The number of halogens is 3. The van der Waals surface area contributed by atoms with Crippen molar-refractivity contribution in [1.82, 2.24) is 4.90 Å². The maximum atomic E-state index is 13.3. The lowest BCUT2D eigenvalue weighted by Crippen LogP contribution is -2.16. The molecule has 0 aliphatic heterocycles. The van der Waals surface area contributed by atoms with E-state index in [0.29, 0.717) is 5.70 Å². The fourth-order valence-corrected chi connectivity index (χ4v) is 1.67. The molecule has 0 radical (unpaired) electrons. The molecule has 0 saturated carbocycles. The minimum atomic E-state index is -4.60. The van der Waals surface area contributed by atoms with Gasteiger partial charge < -0.3 is 4.90 Å². The first kappa shape index (κ1) is 17.0. The summed E-state index contributed by atoms with van der Waals surface area (Å²) in [4.78, 5) is 12.8. The molecular weight excluding hydrogens is 279 g/mol. The summed E-state index contributed by atoms with van der Waals surface area (Å²) in [5.41, 5.74) is 0.286. The van der Waals surface area contributed by atoms with E-state index >= 15 is 0 Å². The van der Waals surface area contributed by atoms with Gasteiger partial charge in [-0.05, 0) is 25.5 Å². The SMILES string of the molecule is C/C(=C/C(=C(\C=O)c1ccc(C)cc1)C(F)(F)F)N(C)C. The lowest BCUT2D eigenvalue weighted by atomic mass is 9.98. The first-order valence-corrected chi connectivity index (χ1v) is 6.36. The third-order valence-corrected chi connectivity index (χ3v) is 3.13. The summed E-state index contributed by atoms with van der Waals surface area (Å²) in [6.45, 7) is 3.39. The molecule has 1 rings (SSSR count). The second-order valence-corrected chi connectivity index (χ2v) is 4.99. The Balaban J connectivity index is 3.53. The number of hydrogen-bond acceptors (Lipinski definition) is 2. The van der Waals surface area contributed by atoms with Crippen molar-refractivity contribution in [3.8, 4) is 0 Å². The molecule has 1 aromatic rings. The monoisotopic (exact) mass is 297 g/mol. The fourth-order valence-electron chi connectivity index (χ4n) is 1.67. The van der Waals surface area contributed by atoms with Crippen LogP contribution < -0.4 is 0 Å². The van der Waals surface area contributed by atoms with Crippen LogP contribution in [-0.4, -0.2) is 31.5 Å². The third kappa shape index (κ3) is 4.48. The molecule has 0 aromatic heterocycles. The Morgan fingerprint density at radius 1 is 1.14 bits per heavy atom. The normalized spacial score (nSPS) is 13.8. The van der Waals surface area contributed by atoms with Crippen LogP contribution in [-0.2, 0) is 4.79 Å². The lowest BCUT2D eigenvalue weighted by molar-refractivity contribution is -0.104. The van der Waals surface area contributed by atoms with Crippen molar-refractivity contribution < 1.29 is 18.0 Å². The van der Waals surface area contributed by atoms with E-state index in [1.54, 1.807) is 38.1 Å². The van der Waals surface area contributed by atoms with Crippen molar-refractivity contribution in [3.05, 3.63) is 52.7 Å². The highest BCUT2D eigenvalue weighted by molar-refractivity contribution is 6.09. The number of alkyl halides is 3. The molecule has 114 valence electrons. The summed E-state index contributed by atoms with van der Waals surface area (Å²) in [5, 5.41) is 0. The Hall–Kier alpha value is -2.04. The van der Waals surface area contributed by atoms with Crippen molar-refractivity contribution in [2.45, 2.75) is 20.0 Å². The van der Waals surface area contributed by atoms with E-state index in [1.807, 2.05) is 6.92 Å². The van der Waals surface area contributed by atoms with Crippen molar-refractivity contribution in [3.63, 3.8) is 0 Å². The number of rotatable bonds is 4. The van der Waals surface area contributed by atoms with Gasteiger partial charge in [0.25, 0.3) is 0 Å². The third-order valence-electron chi connectivity index (χ3n) is 3.13. The molecule has 0 saturated heterocycles. The molecule has 0 unspecified atom stereocenters. The van der Waals surface area contributed by atoms with Crippen LogP contribution in [0.1, 0.15) is 18.1 Å². The Labute approximate surface area is 122 Å². The van der Waals surface area contributed by atoms with Crippen LogP contribution >= 0.6 is 0 Å². The molecule has 5 heteroatoms. The molecule has 0 aliphatic carbocycles. The molecule has 0 aliphatic rings. The number of benzene rings is 1. The van der Waals surface area contributed by atoms with Crippen LogP contribution in [0.25, 0.3) is 5.57 Å². The molecular formula is C16H18F3NO. The average molecular weight is 297 g/mol. The van der Waals surface area contributed by atoms with Gasteiger partial charge in [-0.2, -0.15) is 13.2 Å². The van der Waals surface area contributed by atoms with E-state index in [1.165, 1.54) is 12.1 Å². The highest BCUT2D eigenvalue weighted by Gasteiger charge is 2.35. The Bertz CT molecular complexity index is 566. The van der Waals surface area contributed by atoms with Crippen LogP contribution in [0.5, 0.6) is 0 Å². The van der Waals surface area contributed by atoms with E-state index in [0.717, 1.165) is 11.6 Å². The second kappa shape index (κ2) is 6.61. The molecule has 0 heterocycles. The van der Waals surface area contributed by atoms with E-state index in [4.69, 9.17) is 0 Å².